The number of halogens is 1. The van der Waals surface area contributed by atoms with Gasteiger partial charge in [0.05, 0.1) is 6.21 Å². The number of carbonyl (C=O) groups is 1. The fourth-order valence-corrected chi connectivity index (χ4v) is 2.98. The smallest absolute Gasteiger partial charge is 0.265 e. The quantitative estimate of drug-likeness (QED) is 0.460. The van der Waals surface area contributed by atoms with Crippen LogP contribution in [0.4, 0.5) is 0 Å². The molecule has 0 N–H and O–H groups in total. The summed E-state index contributed by atoms with van der Waals surface area (Å²) in [6.07, 6.45) is 3.33. The Balaban J connectivity index is 1.75. The molecule has 4 rings (SSSR count). The van der Waals surface area contributed by atoms with Crippen molar-refractivity contribution in [1.29, 1.82) is 0 Å². The predicted octanol–water partition coefficient (Wildman–Crippen LogP) is 5.00. The lowest BCUT2D eigenvalue weighted by molar-refractivity contribution is -0.122. The normalized spacial score (nSPS) is 15.5. The van der Waals surface area contributed by atoms with Crippen LogP contribution < -0.4 is 0 Å². The summed E-state index contributed by atoms with van der Waals surface area (Å²) in [7, 11) is 0. The van der Waals surface area contributed by atoms with Gasteiger partial charge in [-0.25, -0.2) is 4.99 Å². The first-order chi connectivity index (χ1) is 13.7. The number of hydrazone groups is 1. The molecular weight excluding hydrogens is 370 g/mol. The Morgan fingerprint density at radius 2 is 1.50 bits per heavy atom. The number of hydrogen-bond acceptors (Lipinski definition) is 3. The average molecular weight is 386 g/mol. The summed E-state index contributed by atoms with van der Waals surface area (Å²) in [5.74, 6) is 0.182. The van der Waals surface area contributed by atoms with Crippen LogP contribution in [0.15, 0.2) is 101 Å². The Morgan fingerprint density at radius 1 is 0.857 bits per heavy atom. The Hall–Kier alpha value is -3.50. The molecule has 136 valence electrons. The summed E-state index contributed by atoms with van der Waals surface area (Å²) < 4.78 is 0. The molecule has 0 atom stereocenters. The van der Waals surface area contributed by atoms with Crippen LogP contribution in [0.5, 0.6) is 0 Å². The number of hydrogen-bond donors (Lipinski definition) is 0. The third-order valence-electron chi connectivity index (χ3n) is 4.19. The van der Waals surface area contributed by atoms with E-state index in [2.05, 4.69) is 10.1 Å². The van der Waals surface area contributed by atoms with Crippen molar-refractivity contribution in [3.8, 4) is 0 Å². The van der Waals surface area contributed by atoms with Crippen molar-refractivity contribution in [2.75, 3.05) is 0 Å². The highest BCUT2D eigenvalue weighted by atomic mass is 35.5. The average Bonchev–Trinajstić information content (AvgIpc) is 3.05. The molecule has 0 aromatic heterocycles. The molecule has 0 fully saturated rings. The van der Waals surface area contributed by atoms with E-state index in [1.807, 2.05) is 78.9 Å². The van der Waals surface area contributed by atoms with Gasteiger partial charge in [-0.15, -0.1) is 0 Å². The second kappa shape index (κ2) is 8.03. The maximum absolute atomic E-state index is 13.0. The molecule has 3 aromatic carbocycles. The zero-order valence-corrected chi connectivity index (χ0v) is 15.6. The van der Waals surface area contributed by atoms with Gasteiger partial charge >= 0.3 is 0 Å². The van der Waals surface area contributed by atoms with Gasteiger partial charge in [-0.1, -0.05) is 90.5 Å². The molecule has 0 saturated heterocycles. The maximum atomic E-state index is 13.0. The highest BCUT2D eigenvalue weighted by Gasteiger charge is 2.31. The Labute approximate surface area is 168 Å². The van der Waals surface area contributed by atoms with Crippen LogP contribution in [-0.2, 0) is 4.79 Å². The molecule has 0 bridgehead atoms. The maximum Gasteiger partial charge on any atom is 0.298 e. The van der Waals surface area contributed by atoms with Gasteiger partial charge in [0.15, 0.2) is 5.84 Å². The first-order valence-electron chi connectivity index (χ1n) is 8.76. The van der Waals surface area contributed by atoms with Crippen LogP contribution >= 0.6 is 11.6 Å². The number of amides is 1. The van der Waals surface area contributed by atoms with E-state index in [0.717, 1.165) is 16.7 Å². The van der Waals surface area contributed by atoms with E-state index < -0.39 is 0 Å². The zero-order valence-electron chi connectivity index (χ0n) is 14.9. The first-order valence-corrected chi connectivity index (χ1v) is 9.14. The number of carbonyl (C=O) groups excluding carboxylic acids is 1. The van der Waals surface area contributed by atoms with Gasteiger partial charge in [0.25, 0.3) is 5.91 Å². The minimum atomic E-state index is -0.300. The van der Waals surface area contributed by atoms with Crippen molar-refractivity contribution >= 4 is 35.6 Å². The van der Waals surface area contributed by atoms with Gasteiger partial charge < -0.3 is 0 Å². The lowest BCUT2D eigenvalue weighted by Crippen LogP contribution is -2.27. The number of rotatable bonds is 4. The molecule has 1 amide bonds. The summed E-state index contributed by atoms with van der Waals surface area (Å²) in [6, 6.07) is 26.5. The van der Waals surface area contributed by atoms with E-state index in [0.29, 0.717) is 10.9 Å². The molecule has 3 aromatic rings. The van der Waals surface area contributed by atoms with Crippen molar-refractivity contribution in [2.24, 2.45) is 10.1 Å². The van der Waals surface area contributed by atoms with Crippen LogP contribution in [0.3, 0.4) is 0 Å². The number of amidine groups is 1. The van der Waals surface area contributed by atoms with Crippen molar-refractivity contribution in [2.45, 2.75) is 0 Å². The number of benzene rings is 3. The van der Waals surface area contributed by atoms with Crippen molar-refractivity contribution < 1.29 is 4.79 Å². The molecule has 0 saturated carbocycles. The van der Waals surface area contributed by atoms with Crippen LogP contribution in [0, 0.1) is 0 Å². The molecule has 1 heterocycles. The van der Waals surface area contributed by atoms with Gasteiger partial charge in [0, 0.05) is 10.6 Å². The fourth-order valence-electron chi connectivity index (χ4n) is 2.79. The number of nitrogens with zero attached hydrogens (tertiary/aromatic N) is 3. The largest absolute Gasteiger partial charge is 0.298 e. The molecule has 1 aliphatic heterocycles. The van der Waals surface area contributed by atoms with E-state index in [4.69, 9.17) is 11.6 Å². The van der Waals surface area contributed by atoms with Crippen molar-refractivity contribution in [3.63, 3.8) is 0 Å². The highest BCUT2D eigenvalue weighted by Crippen LogP contribution is 2.25. The second-order valence-electron chi connectivity index (χ2n) is 6.12. The monoisotopic (exact) mass is 385 g/mol. The van der Waals surface area contributed by atoms with E-state index >= 15 is 0 Å². The summed E-state index contributed by atoms with van der Waals surface area (Å²) in [5, 5.41) is 6.29. The summed E-state index contributed by atoms with van der Waals surface area (Å²) in [4.78, 5) is 17.6. The minimum Gasteiger partial charge on any atom is -0.265 e. The van der Waals surface area contributed by atoms with Crippen molar-refractivity contribution in [1.82, 2.24) is 5.01 Å². The molecule has 0 aliphatic carbocycles. The molecule has 28 heavy (non-hydrogen) atoms. The SMILES string of the molecule is O=C1/C(=C/c2ccccc2Cl)N=C(c2ccccc2)N1/N=C/c1ccccc1. The predicted molar refractivity (Wildman–Crippen MR) is 113 cm³/mol. The number of aliphatic imine (C=N–C) groups is 1. The molecule has 0 radical (unpaired) electrons. The fraction of sp³-hybridized carbons (Fsp3) is 0. The Morgan fingerprint density at radius 3 is 2.21 bits per heavy atom. The molecule has 1 aliphatic rings. The van der Waals surface area contributed by atoms with Gasteiger partial charge in [-0.2, -0.15) is 10.1 Å². The highest BCUT2D eigenvalue weighted by molar-refractivity contribution is 6.32. The third kappa shape index (κ3) is 3.77. The lowest BCUT2D eigenvalue weighted by Gasteiger charge is -2.11. The Bertz CT molecular complexity index is 1090. The van der Waals surface area contributed by atoms with Crippen LogP contribution in [0.1, 0.15) is 16.7 Å². The van der Waals surface area contributed by atoms with Crippen LogP contribution in [0.25, 0.3) is 6.08 Å². The molecule has 0 unspecified atom stereocenters. The molecule has 4 nitrogen and oxygen atoms in total. The van der Waals surface area contributed by atoms with E-state index in [1.165, 1.54) is 5.01 Å². The summed E-state index contributed by atoms with van der Waals surface area (Å²) in [5.41, 5.74) is 2.73. The van der Waals surface area contributed by atoms with Gasteiger partial charge in [-0.05, 0) is 23.3 Å². The standard InChI is InChI=1S/C23H16ClN3O/c24-20-14-8-7-13-19(20)15-21-23(28)27(25-16-17-9-3-1-4-10-17)22(26-21)18-11-5-2-6-12-18/h1-16H/b21-15-,25-16+. The van der Waals surface area contributed by atoms with Gasteiger partial charge in [0.1, 0.15) is 5.70 Å². The lowest BCUT2D eigenvalue weighted by atomic mass is 10.2. The van der Waals surface area contributed by atoms with E-state index in [1.54, 1.807) is 18.4 Å². The molecule has 0 spiro atoms. The van der Waals surface area contributed by atoms with E-state index in [-0.39, 0.29) is 11.6 Å². The topological polar surface area (TPSA) is 45.0 Å². The molecular formula is C23H16ClN3O. The first kappa shape index (κ1) is 17.9. The van der Waals surface area contributed by atoms with Crippen molar-refractivity contribution in [3.05, 3.63) is 112 Å². The van der Waals surface area contributed by atoms with Crippen LogP contribution in [-0.4, -0.2) is 23.0 Å². The summed E-state index contributed by atoms with van der Waals surface area (Å²) >= 11 is 6.23. The van der Waals surface area contributed by atoms with Crippen LogP contribution in [0.2, 0.25) is 5.02 Å². The van der Waals surface area contributed by atoms with Gasteiger partial charge in [-0.3, -0.25) is 4.79 Å². The third-order valence-corrected chi connectivity index (χ3v) is 4.53. The Kier molecular flexibility index (Phi) is 5.13. The second-order valence-corrected chi connectivity index (χ2v) is 6.53. The van der Waals surface area contributed by atoms with E-state index in [9.17, 15) is 4.79 Å². The zero-order chi connectivity index (χ0) is 19.3. The minimum absolute atomic E-state index is 0.289. The molecule has 5 heteroatoms. The van der Waals surface area contributed by atoms with Gasteiger partial charge in [0.2, 0.25) is 0 Å². The summed E-state index contributed by atoms with van der Waals surface area (Å²) in [6.45, 7) is 0.